The van der Waals surface area contributed by atoms with Gasteiger partial charge in [-0.3, -0.25) is 10.1 Å². The molecule has 0 aliphatic heterocycles. The minimum Gasteiger partial charge on any atom is -0.484 e. The number of aliphatic hydroxyl groups is 1. The molecule has 1 N–H and O–H groups in total. The maximum Gasteiger partial charge on any atom is 0.311 e. The number of aliphatic hydroxyl groups excluding tert-OH is 1. The van der Waals surface area contributed by atoms with Crippen LogP contribution in [-0.2, 0) is 0 Å². The van der Waals surface area contributed by atoms with Crippen molar-refractivity contribution in [1.29, 1.82) is 0 Å². The molecule has 0 amide bonds. The summed E-state index contributed by atoms with van der Waals surface area (Å²) in [5.41, 5.74) is -0.167. The Kier molecular flexibility index (Phi) is 3.88. The molecule has 0 aliphatic carbocycles. The topological polar surface area (TPSA) is 72.6 Å². The smallest absolute Gasteiger partial charge is 0.311 e. The number of nitrogens with zero attached hydrogens (tertiary/aromatic N) is 1. The molecule has 1 aromatic rings. The first-order chi connectivity index (χ1) is 7.00. The van der Waals surface area contributed by atoms with Crippen LogP contribution in [0.25, 0.3) is 0 Å². The van der Waals surface area contributed by atoms with Crippen LogP contribution in [0.1, 0.15) is 6.92 Å². The van der Waals surface area contributed by atoms with Crippen molar-refractivity contribution in [2.45, 2.75) is 13.0 Å². The van der Waals surface area contributed by atoms with Gasteiger partial charge >= 0.3 is 5.69 Å². The van der Waals surface area contributed by atoms with Gasteiger partial charge in [0.1, 0.15) is 6.61 Å². The summed E-state index contributed by atoms with van der Waals surface area (Å²) in [4.78, 5) is 10.0. The van der Waals surface area contributed by atoms with Crippen molar-refractivity contribution >= 4 is 17.3 Å². The van der Waals surface area contributed by atoms with Crippen LogP contribution in [0, 0.1) is 10.1 Å². The van der Waals surface area contributed by atoms with Crippen molar-refractivity contribution in [1.82, 2.24) is 0 Å². The van der Waals surface area contributed by atoms with Crippen LogP contribution in [0.2, 0.25) is 5.02 Å². The Bertz CT molecular complexity index is 367. The van der Waals surface area contributed by atoms with Gasteiger partial charge in [0.25, 0.3) is 0 Å². The van der Waals surface area contributed by atoms with Gasteiger partial charge in [0.15, 0.2) is 5.75 Å². The fraction of sp³-hybridized carbons (Fsp3) is 0.333. The summed E-state index contributed by atoms with van der Waals surface area (Å²) in [6.07, 6.45) is -0.691. The van der Waals surface area contributed by atoms with E-state index in [4.69, 9.17) is 21.4 Å². The van der Waals surface area contributed by atoms with E-state index in [1.54, 1.807) is 0 Å². The molecule has 1 rings (SSSR count). The zero-order valence-electron chi connectivity index (χ0n) is 8.01. The number of nitro benzene ring substituents is 1. The van der Waals surface area contributed by atoms with Crippen LogP contribution in [0.3, 0.4) is 0 Å². The number of hydrogen-bond acceptors (Lipinski definition) is 4. The molecule has 0 saturated heterocycles. The third kappa shape index (κ3) is 3.38. The number of nitro groups is 1. The van der Waals surface area contributed by atoms with E-state index in [1.165, 1.54) is 25.1 Å². The molecule has 1 aromatic carbocycles. The molecule has 0 fully saturated rings. The molecule has 0 saturated carbocycles. The summed E-state index contributed by atoms with van der Waals surface area (Å²) in [5, 5.41) is 19.9. The van der Waals surface area contributed by atoms with E-state index in [0.29, 0.717) is 5.02 Å². The first-order valence-corrected chi connectivity index (χ1v) is 4.63. The number of ether oxygens (including phenoxy) is 1. The monoisotopic (exact) mass is 231 g/mol. The Balaban J connectivity index is 2.92. The molecule has 0 bridgehead atoms. The van der Waals surface area contributed by atoms with Crippen LogP contribution in [0.4, 0.5) is 5.69 Å². The Hall–Kier alpha value is -1.33. The fourth-order valence-corrected chi connectivity index (χ4v) is 1.13. The number of hydrogen-bond donors (Lipinski definition) is 1. The Morgan fingerprint density at radius 3 is 2.87 bits per heavy atom. The van der Waals surface area contributed by atoms with E-state index in [0.717, 1.165) is 0 Å². The van der Waals surface area contributed by atoms with E-state index in [9.17, 15) is 10.1 Å². The average molecular weight is 232 g/mol. The Labute approximate surface area is 91.4 Å². The summed E-state index contributed by atoms with van der Waals surface area (Å²) < 4.78 is 5.06. The van der Waals surface area contributed by atoms with Crippen LogP contribution >= 0.6 is 11.6 Å². The van der Waals surface area contributed by atoms with Crippen molar-refractivity contribution in [3.63, 3.8) is 0 Å². The van der Waals surface area contributed by atoms with Crippen LogP contribution < -0.4 is 4.74 Å². The lowest BCUT2D eigenvalue weighted by atomic mass is 10.3. The van der Waals surface area contributed by atoms with E-state index in [1.807, 2.05) is 0 Å². The van der Waals surface area contributed by atoms with Gasteiger partial charge < -0.3 is 9.84 Å². The number of rotatable bonds is 4. The average Bonchev–Trinajstić information content (AvgIpc) is 2.14. The molecule has 82 valence electrons. The maximum absolute atomic E-state index is 10.6. The van der Waals surface area contributed by atoms with E-state index < -0.39 is 11.0 Å². The SMILES string of the molecule is CC(O)COc1cc(Cl)ccc1[N+](=O)[O-]. The molecular weight excluding hydrogens is 222 g/mol. The molecule has 0 spiro atoms. The van der Waals surface area contributed by atoms with Crippen molar-refractivity contribution < 1.29 is 14.8 Å². The molecule has 0 aromatic heterocycles. The van der Waals surface area contributed by atoms with E-state index in [2.05, 4.69) is 0 Å². The third-order valence-corrected chi connectivity index (χ3v) is 1.83. The maximum atomic E-state index is 10.6. The highest BCUT2D eigenvalue weighted by Gasteiger charge is 2.15. The van der Waals surface area contributed by atoms with E-state index >= 15 is 0 Å². The molecule has 0 aliphatic rings. The number of benzene rings is 1. The molecule has 0 heterocycles. The van der Waals surface area contributed by atoms with E-state index in [-0.39, 0.29) is 18.0 Å². The van der Waals surface area contributed by atoms with Gasteiger partial charge in [0.2, 0.25) is 0 Å². The quantitative estimate of drug-likeness (QED) is 0.636. The fourth-order valence-electron chi connectivity index (χ4n) is 0.965. The Morgan fingerprint density at radius 2 is 2.33 bits per heavy atom. The van der Waals surface area contributed by atoms with Crippen molar-refractivity contribution in [3.05, 3.63) is 33.3 Å². The highest BCUT2D eigenvalue weighted by molar-refractivity contribution is 6.30. The first-order valence-electron chi connectivity index (χ1n) is 4.25. The second kappa shape index (κ2) is 4.95. The lowest BCUT2D eigenvalue weighted by molar-refractivity contribution is -0.385. The minimum atomic E-state index is -0.691. The highest BCUT2D eigenvalue weighted by Crippen LogP contribution is 2.29. The van der Waals surface area contributed by atoms with Gasteiger partial charge in [-0.05, 0) is 13.0 Å². The predicted molar refractivity (Wildman–Crippen MR) is 55.3 cm³/mol. The lowest BCUT2D eigenvalue weighted by Gasteiger charge is -2.08. The standard InChI is InChI=1S/C9H10ClNO4/c1-6(12)5-15-9-4-7(10)2-3-8(9)11(13)14/h2-4,6,12H,5H2,1H3. The largest absolute Gasteiger partial charge is 0.484 e. The molecule has 15 heavy (non-hydrogen) atoms. The summed E-state index contributed by atoms with van der Waals surface area (Å²) in [7, 11) is 0. The van der Waals surface area contributed by atoms with Gasteiger partial charge in [0, 0.05) is 17.2 Å². The summed E-state index contributed by atoms with van der Waals surface area (Å²) >= 11 is 5.67. The van der Waals surface area contributed by atoms with Gasteiger partial charge in [-0.2, -0.15) is 0 Å². The minimum absolute atomic E-state index is 0.0127. The third-order valence-electron chi connectivity index (χ3n) is 1.60. The molecule has 0 radical (unpaired) electrons. The zero-order valence-corrected chi connectivity index (χ0v) is 8.77. The van der Waals surface area contributed by atoms with Crippen molar-refractivity contribution in [2.75, 3.05) is 6.61 Å². The Morgan fingerprint density at radius 1 is 1.67 bits per heavy atom. The number of halogens is 1. The molecule has 1 atom stereocenters. The van der Waals surface area contributed by atoms with Gasteiger partial charge in [-0.15, -0.1) is 0 Å². The molecule has 1 unspecified atom stereocenters. The van der Waals surface area contributed by atoms with Gasteiger partial charge in [0.05, 0.1) is 11.0 Å². The van der Waals surface area contributed by atoms with Crippen LogP contribution in [-0.4, -0.2) is 22.7 Å². The lowest BCUT2D eigenvalue weighted by Crippen LogP contribution is -2.13. The molecule has 6 heteroatoms. The van der Waals surface area contributed by atoms with Crippen LogP contribution in [0.15, 0.2) is 18.2 Å². The van der Waals surface area contributed by atoms with Crippen molar-refractivity contribution in [2.24, 2.45) is 0 Å². The van der Waals surface area contributed by atoms with Gasteiger partial charge in [-0.25, -0.2) is 0 Å². The normalized spacial score (nSPS) is 12.2. The first kappa shape index (κ1) is 11.7. The molecular formula is C9H10ClNO4. The second-order valence-electron chi connectivity index (χ2n) is 3.03. The summed E-state index contributed by atoms with van der Waals surface area (Å²) in [6, 6.07) is 4.02. The second-order valence-corrected chi connectivity index (χ2v) is 3.47. The van der Waals surface area contributed by atoms with Crippen molar-refractivity contribution in [3.8, 4) is 5.75 Å². The zero-order chi connectivity index (χ0) is 11.4. The van der Waals surface area contributed by atoms with Crippen LogP contribution in [0.5, 0.6) is 5.75 Å². The summed E-state index contributed by atoms with van der Waals surface area (Å²) in [5.74, 6) is 0.0633. The summed E-state index contributed by atoms with van der Waals surface area (Å²) in [6.45, 7) is 1.51. The predicted octanol–water partition coefficient (Wildman–Crippen LogP) is 2.01. The highest BCUT2D eigenvalue weighted by atomic mass is 35.5. The van der Waals surface area contributed by atoms with Gasteiger partial charge in [-0.1, -0.05) is 11.6 Å². The molecule has 5 nitrogen and oxygen atoms in total.